The Morgan fingerprint density at radius 3 is 2.72 bits per heavy atom. The second-order valence-corrected chi connectivity index (χ2v) is 6.68. The Hall–Kier alpha value is -2.28. The molecule has 0 aliphatic heterocycles. The lowest BCUT2D eigenvalue weighted by Crippen LogP contribution is -2.23. The summed E-state index contributed by atoms with van der Waals surface area (Å²) in [5.74, 6) is -0.568. The molecular weight excluding hydrogens is 356 g/mol. The largest absolute Gasteiger partial charge is 0.330 e. The fourth-order valence-electron chi connectivity index (χ4n) is 2.53. The predicted molar refractivity (Wildman–Crippen MR) is 102 cm³/mol. The smallest absolute Gasteiger partial charge is 0.233 e. The Balaban J connectivity index is 1.78. The van der Waals surface area contributed by atoms with Crippen LogP contribution >= 0.6 is 22.9 Å². The van der Waals surface area contributed by atoms with Gasteiger partial charge in [-0.05, 0) is 36.7 Å². The van der Waals surface area contributed by atoms with E-state index < -0.39 is 5.92 Å². The number of rotatable bonds is 6. The highest BCUT2D eigenvalue weighted by Crippen LogP contribution is 2.29. The van der Waals surface area contributed by atoms with Crippen LogP contribution in [0.4, 0.5) is 5.13 Å². The van der Waals surface area contributed by atoms with Crippen LogP contribution in [0.2, 0.25) is 5.02 Å². The van der Waals surface area contributed by atoms with Crippen LogP contribution in [0.5, 0.6) is 0 Å². The van der Waals surface area contributed by atoms with Gasteiger partial charge in [-0.2, -0.15) is 0 Å². The van der Waals surface area contributed by atoms with Crippen molar-refractivity contribution in [1.82, 2.24) is 9.97 Å². The third-order valence-corrected chi connectivity index (χ3v) is 4.86. The topological polar surface area (TPSA) is 80.9 Å². The van der Waals surface area contributed by atoms with Gasteiger partial charge in [0.2, 0.25) is 5.91 Å². The first kappa shape index (κ1) is 17.5. The van der Waals surface area contributed by atoms with Crippen LogP contribution in [-0.2, 0) is 4.79 Å². The molecular formula is C18H17ClN4OS. The fraction of sp³-hybridized carbons (Fsp3) is 0.167. The van der Waals surface area contributed by atoms with Crippen LogP contribution in [0.25, 0.3) is 11.3 Å². The van der Waals surface area contributed by atoms with Gasteiger partial charge >= 0.3 is 0 Å². The minimum atomic E-state index is -0.410. The van der Waals surface area contributed by atoms with Crippen molar-refractivity contribution in [2.75, 3.05) is 11.9 Å². The Kier molecular flexibility index (Phi) is 5.75. The van der Waals surface area contributed by atoms with Gasteiger partial charge in [-0.1, -0.05) is 29.8 Å². The summed E-state index contributed by atoms with van der Waals surface area (Å²) in [6.07, 6.45) is 3.93. The Bertz CT molecular complexity index is 853. The molecule has 25 heavy (non-hydrogen) atoms. The molecule has 1 aromatic carbocycles. The first-order chi connectivity index (χ1) is 12.2. The number of nitrogens with two attached hydrogens (primary N) is 1. The molecule has 1 atom stereocenters. The number of nitrogens with one attached hydrogen (secondary N) is 1. The van der Waals surface area contributed by atoms with Gasteiger partial charge in [0.1, 0.15) is 0 Å². The lowest BCUT2D eigenvalue weighted by Gasteiger charge is -2.16. The summed E-state index contributed by atoms with van der Waals surface area (Å²) in [6, 6.07) is 11.1. The molecule has 0 saturated carbocycles. The van der Waals surface area contributed by atoms with E-state index >= 15 is 0 Å². The SMILES string of the molecule is NCCC(C(=O)Nc1nc(-c2ccncc2)cs1)c1ccccc1Cl. The van der Waals surface area contributed by atoms with E-state index in [9.17, 15) is 4.79 Å². The molecule has 7 heteroatoms. The van der Waals surface area contributed by atoms with Gasteiger partial charge in [-0.3, -0.25) is 9.78 Å². The van der Waals surface area contributed by atoms with Gasteiger partial charge in [-0.15, -0.1) is 11.3 Å². The van der Waals surface area contributed by atoms with Gasteiger partial charge in [0, 0.05) is 28.4 Å². The molecule has 0 radical (unpaired) electrons. The summed E-state index contributed by atoms with van der Waals surface area (Å²) in [6.45, 7) is 0.392. The molecule has 0 aliphatic carbocycles. The summed E-state index contributed by atoms with van der Waals surface area (Å²) in [4.78, 5) is 21.2. The fourth-order valence-corrected chi connectivity index (χ4v) is 3.52. The molecule has 2 aromatic heterocycles. The van der Waals surface area contributed by atoms with Crippen LogP contribution in [0, 0.1) is 0 Å². The second kappa shape index (κ2) is 8.20. The standard InChI is InChI=1S/C18H17ClN4OS/c19-15-4-2-1-3-13(15)14(5-8-20)17(24)23-18-22-16(11-25-18)12-6-9-21-10-7-12/h1-4,6-7,9-11,14H,5,8,20H2,(H,22,23,24). The summed E-state index contributed by atoms with van der Waals surface area (Å²) >= 11 is 7.63. The third-order valence-electron chi connectivity index (χ3n) is 3.76. The molecule has 0 aliphatic rings. The van der Waals surface area contributed by atoms with Gasteiger partial charge < -0.3 is 11.1 Å². The number of hydrogen-bond acceptors (Lipinski definition) is 5. The molecule has 0 bridgehead atoms. The van der Waals surface area contributed by atoms with E-state index in [-0.39, 0.29) is 5.91 Å². The normalized spacial score (nSPS) is 11.9. The lowest BCUT2D eigenvalue weighted by atomic mass is 9.95. The Morgan fingerprint density at radius 2 is 2.00 bits per heavy atom. The van der Waals surface area contributed by atoms with E-state index in [2.05, 4.69) is 15.3 Å². The van der Waals surface area contributed by atoms with Crippen molar-refractivity contribution in [1.29, 1.82) is 0 Å². The van der Waals surface area contributed by atoms with Gasteiger partial charge in [0.15, 0.2) is 5.13 Å². The zero-order valence-corrected chi connectivity index (χ0v) is 14.9. The summed E-state index contributed by atoms with van der Waals surface area (Å²) in [5, 5.41) is 5.89. The number of amides is 1. The van der Waals surface area contributed by atoms with Gasteiger partial charge in [0.25, 0.3) is 0 Å². The average Bonchev–Trinajstić information content (AvgIpc) is 3.09. The number of carbonyl (C=O) groups is 1. The van der Waals surface area contributed by atoms with Crippen molar-refractivity contribution in [3.05, 3.63) is 64.8 Å². The van der Waals surface area contributed by atoms with Crippen LogP contribution in [-0.4, -0.2) is 22.4 Å². The molecule has 2 heterocycles. The molecule has 0 saturated heterocycles. The van der Waals surface area contributed by atoms with E-state index in [1.165, 1.54) is 11.3 Å². The molecule has 1 amide bonds. The molecule has 128 valence electrons. The zero-order chi connectivity index (χ0) is 17.6. The number of thiazole rings is 1. The van der Waals surface area contributed by atoms with Crippen LogP contribution in [0.15, 0.2) is 54.2 Å². The summed E-state index contributed by atoms with van der Waals surface area (Å²) in [5.41, 5.74) is 8.22. The molecule has 3 rings (SSSR count). The summed E-state index contributed by atoms with van der Waals surface area (Å²) in [7, 11) is 0. The highest BCUT2D eigenvalue weighted by Gasteiger charge is 2.23. The maximum atomic E-state index is 12.7. The Morgan fingerprint density at radius 1 is 1.24 bits per heavy atom. The highest BCUT2D eigenvalue weighted by molar-refractivity contribution is 7.14. The first-order valence-electron chi connectivity index (χ1n) is 7.80. The number of pyridine rings is 1. The monoisotopic (exact) mass is 372 g/mol. The average molecular weight is 373 g/mol. The van der Waals surface area contributed by atoms with Crippen molar-refractivity contribution in [2.45, 2.75) is 12.3 Å². The minimum absolute atomic E-state index is 0.158. The second-order valence-electron chi connectivity index (χ2n) is 5.41. The number of nitrogens with zero attached hydrogens (tertiary/aromatic N) is 2. The minimum Gasteiger partial charge on any atom is -0.330 e. The van der Waals surface area contributed by atoms with Crippen LogP contribution in [0.3, 0.4) is 0 Å². The highest BCUT2D eigenvalue weighted by atomic mass is 35.5. The zero-order valence-electron chi connectivity index (χ0n) is 13.4. The van der Waals surface area contributed by atoms with Crippen molar-refractivity contribution < 1.29 is 4.79 Å². The number of anilines is 1. The lowest BCUT2D eigenvalue weighted by molar-refractivity contribution is -0.117. The van der Waals surface area contributed by atoms with Crippen molar-refractivity contribution >= 4 is 34.0 Å². The van der Waals surface area contributed by atoms with Crippen molar-refractivity contribution in [3.8, 4) is 11.3 Å². The maximum absolute atomic E-state index is 12.7. The van der Waals surface area contributed by atoms with Crippen molar-refractivity contribution in [3.63, 3.8) is 0 Å². The predicted octanol–water partition coefficient (Wildman–Crippen LogP) is 3.93. The number of halogens is 1. The molecule has 5 nitrogen and oxygen atoms in total. The first-order valence-corrected chi connectivity index (χ1v) is 9.06. The quantitative estimate of drug-likeness (QED) is 0.686. The maximum Gasteiger partial charge on any atom is 0.233 e. The summed E-state index contributed by atoms with van der Waals surface area (Å²) < 4.78 is 0. The molecule has 3 aromatic rings. The molecule has 0 fully saturated rings. The van der Waals surface area contributed by atoms with E-state index in [0.29, 0.717) is 23.1 Å². The number of carbonyl (C=O) groups excluding carboxylic acids is 1. The van der Waals surface area contributed by atoms with Crippen LogP contribution < -0.4 is 11.1 Å². The van der Waals surface area contributed by atoms with Crippen molar-refractivity contribution in [2.24, 2.45) is 5.73 Å². The molecule has 3 N–H and O–H groups in total. The third kappa shape index (κ3) is 4.22. The Labute approximate surface area is 154 Å². The van der Waals surface area contributed by atoms with E-state index in [1.54, 1.807) is 18.5 Å². The molecule has 1 unspecified atom stereocenters. The van der Waals surface area contributed by atoms with Crippen LogP contribution in [0.1, 0.15) is 17.9 Å². The van der Waals surface area contributed by atoms with E-state index in [1.807, 2.05) is 35.7 Å². The number of benzene rings is 1. The van der Waals surface area contributed by atoms with Gasteiger partial charge in [0.05, 0.1) is 11.6 Å². The number of aromatic nitrogens is 2. The number of hydrogen-bond donors (Lipinski definition) is 2. The molecule has 0 spiro atoms. The van der Waals surface area contributed by atoms with E-state index in [4.69, 9.17) is 17.3 Å². The van der Waals surface area contributed by atoms with Gasteiger partial charge in [-0.25, -0.2) is 4.98 Å². The van der Waals surface area contributed by atoms with E-state index in [0.717, 1.165) is 16.8 Å².